The Hall–Kier alpha value is -0.160. The molecule has 4 nitrogen and oxygen atoms in total. The van der Waals surface area contributed by atoms with Gasteiger partial charge in [0.15, 0.2) is 0 Å². The van der Waals surface area contributed by atoms with Crippen LogP contribution < -0.4 is 0 Å². The van der Waals surface area contributed by atoms with Gasteiger partial charge in [0.2, 0.25) is 0 Å². The van der Waals surface area contributed by atoms with Crippen LogP contribution in [-0.4, -0.2) is 50.8 Å². The van der Waals surface area contributed by atoms with Crippen molar-refractivity contribution in [1.82, 2.24) is 0 Å². The summed E-state index contributed by atoms with van der Waals surface area (Å²) in [4.78, 5) is 0. The fraction of sp³-hybridized carbons (Fsp3) is 1.00. The maximum absolute atomic E-state index is 5.52. The molecule has 0 saturated carbocycles. The second kappa shape index (κ2) is 5.00. The Balaban J connectivity index is 1.32. The van der Waals surface area contributed by atoms with Gasteiger partial charge < -0.3 is 18.9 Å². The Bertz CT molecular complexity index is 197. The maximum atomic E-state index is 5.52. The Morgan fingerprint density at radius 1 is 0.875 bits per heavy atom. The van der Waals surface area contributed by atoms with Crippen LogP contribution in [0.15, 0.2) is 0 Å². The van der Waals surface area contributed by atoms with E-state index in [1.807, 2.05) is 0 Å². The molecule has 4 heteroatoms. The second-order valence-electron chi connectivity index (χ2n) is 5.29. The SMILES string of the molecule is CC1(COCCCCOCC2(C)CO2)CO1. The predicted molar refractivity (Wildman–Crippen MR) is 59.6 cm³/mol. The number of hydrogen-bond donors (Lipinski definition) is 0. The van der Waals surface area contributed by atoms with Crippen LogP contribution in [0, 0.1) is 0 Å². The van der Waals surface area contributed by atoms with Crippen molar-refractivity contribution in [2.45, 2.75) is 37.9 Å². The fourth-order valence-electron chi connectivity index (χ4n) is 1.40. The van der Waals surface area contributed by atoms with Crippen molar-refractivity contribution in [3.8, 4) is 0 Å². The summed E-state index contributed by atoms with van der Waals surface area (Å²) >= 11 is 0. The first kappa shape index (κ1) is 12.3. The smallest absolute Gasteiger partial charge is 0.112 e. The summed E-state index contributed by atoms with van der Waals surface area (Å²) in [6, 6.07) is 0. The highest BCUT2D eigenvalue weighted by Gasteiger charge is 2.39. The third kappa shape index (κ3) is 4.37. The molecule has 16 heavy (non-hydrogen) atoms. The van der Waals surface area contributed by atoms with Gasteiger partial charge >= 0.3 is 0 Å². The number of ether oxygens (including phenoxy) is 4. The largest absolute Gasteiger partial charge is 0.378 e. The molecule has 0 aromatic rings. The van der Waals surface area contributed by atoms with Crippen molar-refractivity contribution in [3.63, 3.8) is 0 Å². The van der Waals surface area contributed by atoms with Gasteiger partial charge in [0.05, 0.1) is 26.4 Å². The molecule has 94 valence electrons. The van der Waals surface area contributed by atoms with Crippen LogP contribution in [0.3, 0.4) is 0 Å². The van der Waals surface area contributed by atoms with Gasteiger partial charge in [0, 0.05) is 13.2 Å². The van der Waals surface area contributed by atoms with Crippen LogP contribution in [0.25, 0.3) is 0 Å². The monoisotopic (exact) mass is 230 g/mol. The predicted octanol–water partition coefficient (Wildman–Crippen LogP) is 1.38. The maximum Gasteiger partial charge on any atom is 0.112 e. The third-order valence-corrected chi connectivity index (χ3v) is 2.92. The second-order valence-corrected chi connectivity index (χ2v) is 5.29. The standard InChI is InChI=1S/C12H22O4/c1-11(9-15-11)7-13-5-3-4-6-14-8-12(2)10-16-12/h3-10H2,1-2H3. The van der Waals surface area contributed by atoms with E-state index in [1.165, 1.54) is 0 Å². The van der Waals surface area contributed by atoms with E-state index >= 15 is 0 Å². The molecule has 0 spiro atoms. The summed E-state index contributed by atoms with van der Waals surface area (Å²) in [5.74, 6) is 0. The van der Waals surface area contributed by atoms with Crippen molar-refractivity contribution in [2.75, 3.05) is 39.6 Å². The molecule has 2 atom stereocenters. The van der Waals surface area contributed by atoms with Gasteiger partial charge in [-0.15, -0.1) is 0 Å². The minimum Gasteiger partial charge on any atom is -0.378 e. The lowest BCUT2D eigenvalue weighted by molar-refractivity contribution is 0.0621. The third-order valence-electron chi connectivity index (χ3n) is 2.92. The van der Waals surface area contributed by atoms with Gasteiger partial charge in [0.1, 0.15) is 11.2 Å². The molecular formula is C12H22O4. The Morgan fingerprint density at radius 2 is 1.25 bits per heavy atom. The first-order valence-corrected chi connectivity index (χ1v) is 6.05. The molecule has 0 amide bonds. The first-order valence-electron chi connectivity index (χ1n) is 6.05. The summed E-state index contributed by atoms with van der Waals surface area (Å²) in [6.45, 7) is 8.88. The Labute approximate surface area is 97.2 Å². The van der Waals surface area contributed by atoms with Gasteiger partial charge in [-0.1, -0.05) is 0 Å². The zero-order chi connectivity index (χ0) is 11.5. The normalized spacial score (nSPS) is 36.4. The summed E-state index contributed by atoms with van der Waals surface area (Å²) in [7, 11) is 0. The van der Waals surface area contributed by atoms with Crippen molar-refractivity contribution < 1.29 is 18.9 Å². The summed E-state index contributed by atoms with van der Waals surface area (Å²) in [5, 5.41) is 0. The van der Waals surface area contributed by atoms with Crippen LogP contribution in [0.2, 0.25) is 0 Å². The number of rotatable bonds is 9. The molecule has 0 radical (unpaired) electrons. The van der Waals surface area contributed by atoms with E-state index in [4.69, 9.17) is 18.9 Å². The average Bonchev–Trinajstić information content (AvgIpc) is 3.14. The van der Waals surface area contributed by atoms with Crippen molar-refractivity contribution in [3.05, 3.63) is 0 Å². The van der Waals surface area contributed by atoms with Gasteiger partial charge in [-0.2, -0.15) is 0 Å². The van der Waals surface area contributed by atoms with E-state index in [9.17, 15) is 0 Å². The van der Waals surface area contributed by atoms with Crippen LogP contribution >= 0.6 is 0 Å². The van der Waals surface area contributed by atoms with Gasteiger partial charge in [-0.3, -0.25) is 0 Å². The summed E-state index contributed by atoms with van der Waals surface area (Å²) in [6.07, 6.45) is 2.10. The molecule has 2 rings (SSSR count). The quantitative estimate of drug-likeness (QED) is 0.443. The van der Waals surface area contributed by atoms with E-state index in [1.54, 1.807) is 0 Å². The zero-order valence-electron chi connectivity index (χ0n) is 10.3. The zero-order valence-corrected chi connectivity index (χ0v) is 10.3. The molecule has 0 aliphatic carbocycles. The Morgan fingerprint density at radius 3 is 1.56 bits per heavy atom. The lowest BCUT2D eigenvalue weighted by Crippen LogP contribution is -2.16. The molecule has 0 bridgehead atoms. The number of epoxide rings is 2. The van der Waals surface area contributed by atoms with Crippen molar-refractivity contribution in [1.29, 1.82) is 0 Å². The highest BCUT2D eigenvalue weighted by Crippen LogP contribution is 2.26. The molecule has 2 heterocycles. The number of hydrogen-bond acceptors (Lipinski definition) is 4. The molecule has 2 aliphatic heterocycles. The minimum absolute atomic E-state index is 0.0222. The molecule has 2 saturated heterocycles. The molecule has 0 N–H and O–H groups in total. The van der Waals surface area contributed by atoms with Gasteiger partial charge in [-0.05, 0) is 26.7 Å². The van der Waals surface area contributed by atoms with Crippen molar-refractivity contribution in [2.24, 2.45) is 0 Å². The summed E-state index contributed by atoms with van der Waals surface area (Å²) < 4.78 is 21.5. The van der Waals surface area contributed by atoms with Crippen LogP contribution in [0.1, 0.15) is 26.7 Å². The molecule has 2 unspecified atom stereocenters. The molecule has 2 fully saturated rings. The van der Waals surface area contributed by atoms with Gasteiger partial charge in [-0.25, -0.2) is 0 Å². The van der Waals surface area contributed by atoms with E-state index in [2.05, 4.69) is 13.8 Å². The summed E-state index contributed by atoms with van der Waals surface area (Å²) in [5.41, 5.74) is 0.0445. The van der Waals surface area contributed by atoms with E-state index in [-0.39, 0.29) is 11.2 Å². The van der Waals surface area contributed by atoms with Crippen molar-refractivity contribution >= 4 is 0 Å². The van der Waals surface area contributed by atoms with Crippen LogP contribution in [0.5, 0.6) is 0 Å². The molecule has 0 aromatic carbocycles. The van der Waals surface area contributed by atoms with E-state index < -0.39 is 0 Å². The number of unbranched alkanes of at least 4 members (excludes halogenated alkanes) is 1. The minimum atomic E-state index is 0.0222. The topological polar surface area (TPSA) is 43.5 Å². The first-order chi connectivity index (χ1) is 7.62. The van der Waals surface area contributed by atoms with E-state index in [0.717, 1.165) is 52.5 Å². The molecule has 2 aliphatic rings. The Kier molecular flexibility index (Phi) is 3.85. The average molecular weight is 230 g/mol. The fourth-order valence-corrected chi connectivity index (χ4v) is 1.40. The molecular weight excluding hydrogens is 208 g/mol. The lowest BCUT2D eigenvalue weighted by Gasteiger charge is -2.08. The highest BCUT2D eigenvalue weighted by molar-refractivity contribution is 4.86. The van der Waals surface area contributed by atoms with E-state index in [0.29, 0.717) is 0 Å². The highest BCUT2D eigenvalue weighted by atomic mass is 16.6. The lowest BCUT2D eigenvalue weighted by atomic mass is 10.2. The van der Waals surface area contributed by atoms with Crippen LogP contribution in [-0.2, 0) is 18.9 Å². The van der Waals surface area contributed by atoms with Crippen LogP contribution in [0.4, 0.5) is 0 Å². The molecule has 0 aromatic heterocycles. The van der Waals surface area contributed by atoms with Gasteiger partial charge in [0.25, 0.3) is 0 Å².